The minimum absolute atomic E-state index is 0.104. The molecule has 3 heterocycles. The van der Waals surface area contributed by atoms with Crippen molar-refractivity contribution in [2.45, 2.75) is 31.5 Å². The Morgan fingerprint density at radius 1 is 1.26 bits per heavy atom. The summed E-state index contributed by atoms with van der Waals surface area (Å²) in [4.78, 5) is 34.9. The Bertz CT molecular complexity index is 1220. The van der Waals surface area contributed by atoms with E-state index in [0.29, 0.717) is 0 Å². The molecule has 13 nitrogen and oxygen atoms in total. The molecule has 4 rings (SSSR count). The zero-order valence-electron chi connectivity index (χ0n) is 16.2. The highest BCUT2D eigenvalue weighted by atomic mass is 16.6. The van der Waals surface area contributed by atoms with E-state index >= 15 is 0 Å². The van der Waals surface area contributed by atoms with Crippen LogP contribution in [-0.2, 0) is 4.74 Å². The molecule has 3 aromatic rings. The van der Waals surface area contributed by atoms with Crippen molar-refractivity contribution in [1.82, 2.24) is 19.5 Å². The van der Waals surface area contributed by atoms with E-state index in [9.17, 15) is 24.9 Å². The van der Waals surface area contributed by atoms with E-state index in [0.717, 1.165) is 10.1 Å². The van der Waals surface area contributed by atoms with Crippen LogP contribution in [0.15, 0.2) is 39.3 Å². The molecule has 0 radical (unpaired) electrons. The number of azo groups is 1. The number of aryl methyl sites for hydroxylation is 1. The fraction of sp³-hybridized carbons (Fsp3) is 0.333. The molecule has 6 N–H and O–H groups in total. The molecule has 0 bridgehead atoms. The van der Waals surface area contributed by atoms with Crippen LogP contribution in [0.5, 0.6) is 0 Å². The van der Waals surface area contributed by atoms with Crippen LogP contribution in [0.3, 0.4) is 0 Å². The number of carbonyl (C=O) groups excluding carboxylic acids is 1. The summed E-state index contributed by atoms with van der Waals surface area (Å²) in [7, 11) is 0. The molecule has 1 amide bonds. The molecule has 0 spiro atoms. The highest BCUT2D eigenvalue weighted by Gasteiger charge is 2.45. The van der Waals surface area contributed by atoms with Gasteiger partial charge in [-0.3, -0.25) is 19.1 Å². The van der Waals surface area contributed by atoms with Gasteiger partial charge in [0.05, 0.1) is 6.61 Å². The lowest BCUT2D eigenvalue weighted by Gasteiger charge is -2.17. The summed E-state index contributed by atoms with van der Waals surface area (Å²) in [5.74, 6) is -1.18. The highest BCUT2D eigenvalue weighted by molar-refractivity contribution is 5.94. The summed E-state index contributed by atoms with van der Waals surface area (Å²) in [5.41, 5.74) is 5.88. The van der Waals surface area contributed by atoms with Gasteiger partial charge < -0.3 is 25.8 Å². The fourth-order valence-electron chi connectivity index (χ4n) is 3.23. The fourth-order valence-corrected chi connectivity index (χ4v) is 3.23. The number of nitrogens with two attached hydrogens (primary N) is 1. The zero-order valence-corrected chi connectivity index (χ0v) is 16.2. The number of amides is 1. The van der Waals surface area contributed by atoms with Gasteiger partial charge in [-0.2, -0.15) is 4.98 Å². The largest absolute Gasteiger partial charge is 0.394 e. The number of aromatic amines is 1. The molecular formula is C18H19N7O6. The van der Waals surface area contributed by atoms with E-state index in [1.165, 1.54) is 0 Å². The number of hydrogen-bond donors (Lipinski definition) is 5. The maximum absolute atomic E-state index is 12.4. The normalized spacial score (nSPS) is 23.7. The molecule has 1 aliphatic heterocycles. The molecule has 1 fully saturated rings. The number of aromatic nitrogens is 4. The number of carbonyl (C=O) groups is 1. The van der Waals surface area contributed by atoms with E-state index in [4.69, 9.17) is 10.5 Å². The van der Waals surface area contributed by atoms with Crippen molar-refractivity contribution in [1.29, 1.82) is 0 Å². The lowest BCUT2D eigenvalue weighted by Crippen LogP contribution is -2.33. The molecule has 1 saturated heterocycles. The first-order valence-corrected chi connectivity index (χ1v) is 9.23. The summed E-state index contributed by atoms with van der Waals surface area (Å²) in [6, 6.07) is 6.64. The summed E-state index contributed by atoms with van der Waals surface area (Å²) in [6.45, 7) is 1.30. The number of H-pyrrole nitrogens is 1. The molecule has 31 heavy (non-hydrogen) atoms. The number of rotatable bonds is 4. The number of ether oxygens (including phenoxy) is 1. The average Bonchev–Trinajstić information content (AvgIpc) is 3.24. The Hall–Kier alpha value is -3.52. The van der Waals surface area contributed by atoms with Gasteiger partial charge in [-0.15, -0.1) is 10.2 Å². The van der Waals surface area contributed by atoms with Crippen molar-refractivity contribution in [3.63, 3.8) is 0 Å². The SMILES string of the molecule is Cc1ccc(C(=O)/N=N\c2nc3c(=O)[nH]c(N)nc3n2[C@@H]2O[C@H](CO)[C@@H](O)[C@H]2O)cc1. The van der Waals surface area contributed by atoms with Crippen LogP contribution in [0.1, 0.15) is 22.1 Å². The quantitative estimate of drug-likeness (QED) is 0.340. The van der Waals surface area contributed by atoms with Gasteiger partial charge in [-0.05, 0) is 19.1 Å². The third-order valence-corrected chi connectivity index (χ3v) is 4.85. The number of nitrogens with zero attached hydrogens (tertiary/aromatic N) is 5. The molecule has 4 atom stereocenters. The van der Waals surface area contributed by atoms with Gasteiger partial charge >= 0.3 is 0 Å². The van der Waals surface area contributed by atoms with Gasteiger partial charge in [-0.25, -0.2) is 4.98 Å². The van der Waals surface area contributed by atoms with Crippen molar-refractivity contribution < 1.29 is 24.9 Å². The van der Waals surface area contributed by atoms with Crippen molar-refractivity contribution in [2.75, 3.05) is 12.3 Å². The summed E-state index contributed by atoms with van der Waals surface area (Å²) < 4.78 is 6.60. The Morgan fingerprint density at radius 2 is 1.97 bits per heavy atom. The van der Waals surface area contributed by atoms with Crippen molar-refractivity contribution in [3.05, 3.63) is 45.7 Å². The lowest BCUT2D eigenvalue weighted by atomic mass is 10.1. The summed E-state index contributed by atoms with van der Waals surface area (Å²) in [6.07, 6.45) is -5.37. The molecule has 162 valence electrons. The first-order valence-electron chi connectivity index (χ1n) is 9.23. The number of benzene rings is 1. The first-order chi connectivity index (χ1) is 14.8. The number of aliphatic hydroxyl groups is 3. The molecule has 0 unspecified atom stereocenters. The second-order valence-electron chi connectivity index (χ2n) is 7.01. The molecule has 2 aromatic heterocycles. The van der Waals surface area contributed by atoms with Crippen LogP contribution in [0.2, 0.25) is 0 Å². The average molecular weight is 429 g/mol. The van der Waals surface area contributed by atoms with Crippen LogP contribution in [0.25, 0.3) is 11.2 Å². The number of anilines is 1. The van der Waals surface area contributed by atoms with Crippen LogP contribution in [0.4, 0.5) is 11.9 Å². The third kappa shape index (κ3) is 3.70. The van der Waals surface area contributed by atoms with E-state index in [1.54, 1.807) is 24.3 Å². The van der Waals surface area contributed by atoms with Crippen LogP contribution < -0.4 is 11.3 Å². The molecule has 0 saturated carbocycles. The highest BCUT2D eigenvalue weighted by Crippen LogP contribution is 2.34. The number of imidazole rings is 1. The van der Waals surface area contributed by atoms with Crippen LogP contribution in [0, 0.1) is 6.92 Å². The number of aliphatic hydroxyl groups excluding tert-OH is 3. The predicted molar refractivity (Wildman–Crippen MR) is 106 cm³/mol. The summed E-state index contributed by atoms with van der Waals surface area (Å²) in [5, 5.41) is 37.3. The van der Waals surface area contributed by atoms with Crippen LogP contribution in [-0.4, -0.2) is 65.7 Å². The van der Waals surface area contributed by atoms with Gasteiger partial charge in [0.1, 0.15) is 18.3 Å². The zero-order chi connectivity index (χ0) is 22.3. The third-order valence-electron chi connectivity index (χ3n) is 4.85. The topological polar surface area (TPSA) is 201 Å². The Labute approximate surface area is 173 Å². The van der Waals surface area contributed by atoms with E-state index in [1.807, 2.05) is 6.92 Å². The number of nitrogens with one attached hydrogen (secondary N) is 1. The Balaban J connectivity index is 1.80. The molecular weight excluding hydrogens is 410 g/mol. The molecule has 1 aliphatic rings. The van der Waals surface area contributed by atoms with Gasteiger partial charge in [0.25, 0.3) is 17.4 Å². The lowest BCUT2D eigenvalue weighted by molar-refractivity contribution is -0.0503. The minimum atomic E-state index is -1.52. The smallest absolute Gasteiger partial charge is 0.295 e. The van der Waals surface area contributed by atoms with Gasteiger partial charge in [0.2, 0.25) is 5.95 Å². The number of nitrogen functional groups attached to an aromatic ring is 1. The Morgan fingerprint density at radius 3 is 2.61 bits per heavy atom. The maximum Gasteiger partial charge on any atom is 0.295 e. The van der Waals surface area contributed by atoms with Crippen LogP contribution >= 0.6 is 0 Å². The first kappa shape index (κ1) is 20.7. The van der Waals surface area contributed by atoms with Gasteiger partial charge in [0, 0.05) is 5.56 Å². The second kappa shape index (κ2) is 7.96. The second-order valence-corrected chi connectivity index (χ2v) is 7.01. The van der Waals surface area contributed by atoms with E-state index in [-0.39, 0.29) is 28.6 Å². The summed E-state index contributed by atoms with van der Waals surface area (Å²) >= 11 is 0. The van der Waals surface area contributed by atoms with Gasteiger partial charge in [0.15, 0.2) is 17.4 Å². The van der Waals surface area contributed by atoms with Gasteiger partial charge in [-0.1, -0.05) is 17.7 Å². The molecule has 13 heteroatoms. The standard InChI is InChI=1S/C18H19N7O6/c1-7-2-4-8(5-3-7)14(29)23-24-18-20-10-13(21-17(19)22-15(10)30)25(18)16-12(28)11(27)9(6-26)31-16/h2-5,9,11-12,16,26-28H,6H2,1H3,(H3,19,21,22,30)/b24-23-/t9-,11-,12-,16-/m1/s1. The number of hydrogen-bond acceptors (Lipinski definition) is 10. The Kier molecular flexibility index (Phi) is 5.32. The number of fused-ring (bicyclic) bond motifs is 1. The van der Waals surface area contributed by atoms with Crippen molar-refractivity contribution >= 4 is 29.0 Å². The van der Waals surface area contributed by atoms with E-state index in [2.05, 4.69) is 25.2 Å². The van der Waals surface area contributed by atoms with E-state index < -0.39 is 42.6 Å². The predicted octanol–water partition coefficient (Wildman–Crippen LogP) is -0.454. The monoisotopic (exact) mass is 429 g/mol. The minimum Gasteiger partial charge on any atom is -0.394 e. The van der Waals surface area contributed by atoms with Crippen molar-refractivity contribution in [2.24, 2.45) is 10.2 Å². The molecule has 0 aliphatic carbocycles. The molecule has 1 aromatic carbocycles. The van der Waals surface area contributed by atoms with Crippen molar-refractivity contribution in [3.8, 4) is 0 Å². The maximum atomic E-state index is 12.4.